The van der Waals surface area contributed by atoms with Gasteiger partial charge in [-0.15, -0.1) is 0 Å². The highest BCUT2D eigenvalue weighted by atomic mass is 16.7. The van der Waals surface area contributed by atoms with Gasteiger partial charge >= 0.3 is 6.03 Å². The summed E-state index contributed by atoms with van der Waals surface area (Å²) in [5, 5.41) is 15.9. The summed E-state index contributed by atoms with van der Waals surface area (Å²) in [4.78, 5) is 44.2. The predicted molar refractivity (Wildman–Crippen MR) is 186 cm³/mol. The van der Waals surface area contributed by atoms with Crippen LogP contribution in [0.3, 0.4) is 0 Å². The highest BCUT2D eigenvalue weighted by Crippen LogP contribution is 2.34. The van der Waals surface area contributed by atoms with Gasteiger partial charge in [-0.3, -0.25) is 9.59 Å². The lowest BCUT2D eigenvalue weighted by Gasteiger charge is -2.36. The Hall–Kier alpha value is -4.03. The Kier molecular flexibility index (Phi) is 12.6. The van der Waals surface area contributed by atoms with Crippen LogP contribution in [0.5, 0.6) is 17.2 Å². The van der Waals surface area contributed by atoms with Crippen molar-refractivity contribution in [2.45, 2.75) is 90.4 Å². The van der Waals surface area contributed by atoms with Crippen molar-refractivity contribution in [1.82, 2.24) is 9.80 Å². The zero-order chi connectivity index (χ0) is 34.9. The van der Waals surface area contributed by atoms with Crippen molar-refractivity contribution in [3.05, 3.63) is 42.0 Å². The maximum absolute atomic E-state index is 14.4. The number of aliphatic hydroxyl groups excluding tert-OH is 1. The molecule has 3 N–H and O–H groups in total. The van der Waals surface area contributed by atoms with E-state index in [0.717, 1.165) is 44.9 Å². The molecule has 5 rings (SSSR count). The van der Waals surface area contributed by atoms with Crippen molar-refractivity contribution < 1.29 is 38.4 Å². The van der Waals surface area contributed by atoms with Gasteiger partial charge in [-0.1, -0.05) is 26.2 Å². The molecule has 0 saturated heterocycles. The van der Waals surface area contributed by atoms with E-state index < -0.39 is 12.1 Å². The molecule has 0 aromatic heterocycles. The minimum absolute atomic E-state index is 0.0555. The van der Waals surface area contributed by atoms with Crippen LogP contribution in [0.15, 0.2) is 36.4 Å². The number of hydrogen-bond donors (Lipinski definition) is 3. The average Bonchev–Trinajstić information content (AvgIpc) is 3.57. The minimum atomic E-state index is -0.513. The Balaban J connectivity index is 1.36. The lowest BCUT2D eigenvalue weighted by atomic mass is 9.88. The molecule has 2 aromatic carbocycles. The minimum Gasteiger partial charge on any atom is -0.490 e. The van der Waals surface area contributed by atoms with Gasteiger partial charge in [-0.2, -0.15) is 0 Å². The molecule has 2 aromatic rings. The fourth-order valence-electron chi connectivity index (χ4n) is 6.75. The lowest BCUT2D eigenvalue weighted by molar-refractivity contribution is -0.137. The number of aliphatic hydroxyl groups is 1. The third-order valence-corrected chi connectivity index (χ3v) is 9.72. The van der Waals surface area contributed by atoms with Gasteiger partial charge in [0.2, 0.25) is 12.7 Å². The second-order valence-corrected chi connectivity index (χ2v) is 13.7. The van der Waals surface area contributed by atoms with Crippen molar-refractivity contribution in [3.8, 4) is 17.2 Å². The molecule has 4 atom stereocenters. The molecule has 1 saturated carbocycles. The van der Waals surface area contributed by atoms with Gasteiger partial charge in [0, 0.05) is 56.0 Å². The molecule has 1 aliphatic carbocycles. The van der Waals surface area contributed by atoms with Crippen molar-refractivity contribution in [2.24, 2.45) is 11.8 Å². The van der Waals surface area contributed by atoms with E-state index in [9.17, 15) is 19.5 Å². The van der Waals surface area contributed by atoms with Gasteiger partial charge in [0.25, 0.3) is 5.91 Å². The number of likely N-dealkylation sites (N-methyl/N-ethyl adjacent to an activating group) is 1. The Bertz CT molecular complexity index is 1450. The van der Waals surface area contributed by atoms with Crippen LogP contribution >= 0.6 is 0 Å². The number of rotatable bonds is 7. The molecular formula is C37H52N4O8. The summed E-state index contributed by atoms with van der Waals surface area (Å²) >= 11 is 0. The normalized spacial score (nSPS) is 22.7. The molecule has 0 bridgehead atoms. The standard InChI is InChI=1S/C37H52N4O8/c1-24-20-41(25(2)22-42)36(44)30-18-28(38-37(45)39-29-14-16-32-33(19-29)48-23-47-32)13-15-31(30)49-26(3)10-8-9-17-46-34(24)21-40(4)35(43)27-11-6-5-7-12-27/h13-16,18-19,24-27,34,42H,5-12,17,20-23H2,1-4H3,(H2,38,39,45)/t24-,25-,26+,34-/m1/s1. The van der Waals surface area contributed by atoms with Crippen LogP contribution in [-0.4, -0.2) is 91.1 Å². The number of carbonyl (C=O) groups excluding carboxylic acids is 3. The second kappa shape index (κ2) is 17.1. The fraction of sp³-hybridized carbons (Fsp3) is 0.595. The van der Waals surface area contributed by atoms with Crippen molar-refractivity contribution in [1.29, 1.82) is 0 Å². The highest BCUT2D eigenvalue weighted by Gasteiger charge is 2.32. The van der Waals surface area contributed by atoms with Crippen LogP contribution in [0.1, 0.15) is 82.5 Å². The Morgan fingerprint density at radius 2 is 1.61 bits per heavy atom. The molecule has 49 heavy (non-hydrogen) atoms. The van der Waals surface area contributed by atoms with Gasteiger partial charge in [0.15, 0.2) is 11.5 Å². The van der Waals surface area contributed by atoms with Crippen LogP contribution in [0.4, 0.5) is 16.2 Å². The number of nitrogens with one attached hydrogen (secondary N) is 2. The van der Waals surface area contributed by atoms with E-state index in [0.29, 0.717) is 41.8 Å². The first-order chi connectivity index (χ1) is 23.6. The first-order valence-corrected chi connectivity index (χ1v) is 17.7. The zero-order valence-corrected chi connectivity index (χ0v) is 29.2. The monoisotopic (exact) mass is 680 g/mol. The largest absolute Gasteiger partial charge is 0.490 e. The van der Waals surface area contributed by atoms with Crippen molar-refractivity contribution in [2.75, 3.05) is 50.8 Å². The van der Waals surface area contributed by atoms with E-state index in [-0.39, 0.29) is 61.4 Å². The molecule has 12 heteroatoms. The Morgan fingerprint density at radius 3 is 2.35 bits per heavy atom. The van der Waals surface area contributed by atoms with Crippen LogP contribution in [0, 0.1) is 11.8 Å². The van der Waals surface area contributed by atoms with Crippen molar-refractivity contribution in [3.63, 3.8) is 0 Å². The molecule has 4 amide bonds. The topological polar surface area (TPSA) is 139 Å². The third-order valence-electron chi connectivity index (χ3n) is 9.72. The van der Waals surface area contributed by atoms with Gasteiger partial charge < -0.3 is 44.5 Å². The summed E-state index contributed by atoms with van der Waals surface area (Å²) < 4.78 is 23.5. The number of fused-ring (bicyclic) bond motifs is 2. The van der Waals surface area contributed by atoms with Crippen LogP contribution in [0.2, 0.25) is 0 Å². The van der Waals surface area contributed by atoms with Gasteiger partial charge in [-0.25, -0.2) is 4.79 Å². The molecule has 0 spiro atoms. The first kappa shape index (κ1) is 36.3. The van der Waals surface area contributed by atoms with Crippen LogP contribution in [0.25, 0.3) is 0 Å². The molecule has 12 nitrogen and oxygen atoms in total. The summed E-state index contributed by atoms with van der Waals surface area (Å²) in [7, 11) is 1.85. The lowest BCUT2D eigenvalue weighted by Crippen LogP contribution is -2.48. The predicted octanol–water partition coefficient (Wildman–Crippen LogP) is 5.89. The average molecular weight is 681 g/mol. The first-order valence-electron chi connectivity index (χ1n) is 17.7. The van der Waals surface area contributed by atoms with E-state index in [1.54, 1.807) is 53.1 Å². The number of nitrogens with zero attached hydrogens (tertiary/aromatic N) is 2. The van der Waals surface area contributed by atoms with E-state index >= 15 is 0 Å². The molecule has 2 heterocycles. The van der Waals surface area contributed by atoms with Crippen LogP contribution in [-0.2, 0) is 9.53 Å². The van der Waals surface area contributed by atoms with Crippen LogP contribution < -0.4 is 24.8 Å². The number of ether oxygens (including phenoxy) is 4. The van der Waals surface area contributed by atoms with Gasteiger partial charge in [0.1, 0.15) is 5.75 Å². The molecule has 0 radical (unpaired) electrons. The number of amides is 4. The quantitative estimate of drug-likeness (QED) is 0.329. The summed E-state index contributed by atoms with van der Waals surface area (Å²) in [6, 6.07) is 9.12. The molecule has 3 aliphatic rings. The summed E-state index contributed by atoms with van der Waals surface area (Å²) in [6.45, 7) is 6.93. The fourth-order valence-corrected chi connectivity index (χ4v) is 6.75. The van der Waals surface area contributed by atoms with E-state index in [1.165, 1.54) is 6.42 Å². The number of benzene rings is 2. The molecule has 268 valence electrons. The Labute approximate surface area is 289 Å². The summed E-state index contributed by atoms with van der Waals surface area (Å²) in [6.07, 6.45) is 7.19. The van der Waals surface area contributed by atoms with Gasteiger partial charge in [0.05, 0.1) is 30.4 Å². The maximum Gasteiger partial charge on any atom is 0.323 e. The SMILES string of the molecule is C[C@@H]1CN([C@H](C)CO)C(=O)c2cc(NC(=O)Nc3ccc4c(c3)OCO4)ccc2O[C@@H](C)CCCCO[C@@H]1CN(C)C(=O)C1CCCCC1. The van der Waals surface area contributed by atoms with Gasteiger partial charge in [-0.05, 0) is 76.3 Å². The zero-order valence-electron chi connectivity index (χ0n) is 29.2. The highest BCUT2D eigenvalue weighted by molar-refractivity contribution is 6.02. The molecule has 0 unspecified atom stereocenters. The summed E-state index contributed by atoms with van der Waals surface area (Å²) in [5.41, 5.74) is 1.20. The maximum atomic E-state index is 14.4. The summed E-state index contributed by atoms with van der Waals surface area (Å²) in [5.74, 6) is 1.29. The molecule has 1 fully saturated rings. The third kappa shape index (κ3) is 9.57. The van der Waals surface area contributed by atoms with E-state index in [2.05, 4.69) is 10.6 Å². The number of hydrogen-bond acceptors (Lipinski definition) is 8. The van der Waals surface area contributed by atoms with E-state index in [4.69, 9.17) is 18.9 Å². The Morgan fingerprint density at radius 1 is 0.939 bits per heavy atom. The number of carbonyl (C=O) groups is 3. The number of urea groups is 1. The van der Waals surface area contributed by atoms with E-state index in [1.807, 2.05) is 20.9 Å². The second-order valence-electron chi connectivity index (χ2n) is 13.7. The van der Waals surface area contributed by atoms with Crippen molar-refractivity contribution >= 4 is 29.2 Å². The molecular weight excluding hydrogens is 628 g/mol. The smallest absolute Gasteiger partial charge is 0.323 e. The number of anilines is 2. The molecule has 2 aliphatic heterocycles.